The minimum absolute atomic E-state index is 0.145. The molecule has 1 amide bonds. The van der Waals surface area contributed by atoms with E-state index in [1.807, 2.05) is 18.2 Å². The van der Waals surface area contributed by atoms with E-state index in [-0.39, 0.29) is 5.91 Å². The smallest absolute Gasteiger partial charge is 0.244 e. The fourth-order valence-electron chi connectivity index (χ4n) is 1.75. The zero-order chi connectivity index (χ0) is 15.1. The summed E-state index contributed by atoms with van der Waals surface area (Å²) < 4.78 is 1.74. The standard InChI is InChI=1S/C15H15Cl2N3O/c16-13-10-19-20(11-13)9-3-8-18-15(21)7-6-12-4-1-2-5-14(12)17/h1-2,4-7,10-11H,3,8-9H2,(H,18,21)/b7-6+. The molecule has 0 aliphatic carbocycles. The van der Waals surface area contributed by atoms with Gasteiger partial charge in [-0.1, -0.05) is 41.4 Å². The molecular weight excluding hydrogens is 309 g/mol. The van der Waals surface area contributed by atoms with Gasteiger partial charge in [0, 0.05) is 30.4 Å². The Bertz CT molecular complexity index is 637. The lowest BCUT2D eigenvalue weighted by Gasteiger charge is -2.03. The van der Waals surface area contributed by atoms with Gasteiger partial charge >= 0.3 is 0 Å². The van der Waals surface area contributed by atoms with Crippen LogP contribution in [0.25, 0.3) is 6.08 Å². The Labute approximate surface area is 133 Å². The Morgan fingerprint density at radius 2 is 2.14 bits per heavy atom. The normalized spacial score (nSPS) is 11.0. The zero-order valence-corrected chi connectivity index (χ0v) is 12.8. The maximum atomic E-state index is 11.7. The predicted octanol–water partition coefficient (Wildman–Crippen LogP) is 3.41. The lowest BCUT2D eigenvalue weighted by molar-refractivity contribution is -0.116. The molecule has 110 valence electrons. The Morgan fingerprint density at radius 3 is 2.86 bits per heavy atom. The molecule has 4 nitrogen and oxygen atoms in total. The number of carbonyl (C=O) groups is 1. The molecule has 0 aliphatic rings. The third-order valence-corrected chi connectivity index (χ3v) is 3.32. The second-order valence-corrected chi connectivity index (χ2v) is 5.26. The van der Waals surface area contributed by atoms with Crippen molar-refractivity contribution in [1.29, 1.82) is 0 Å². The summed E-state index contributed by atoms with van der Waals surface area (Å²) in [6.45, 7) is 1.28. The van der Waals surface area contributed by atoms with Crippen molar-refractivity contribution in [2.24, 2.45) is 0 Å². The third-order valence-electron chi connectivity index (χ3n) is 2.78. The van der Waals surface area contributed by atoms with Crippen molar-refractivity contribution in [2.45, 2.75) is 13.0 Å². The third kappa shape index (κ3) is 5.25. The number of aromatic nitrogens is 2. The molecule has 0 spiro atoms. The van der Waals surface area contributed by atoms with Crippen molar-refractivity contribution in [2.75, 3.05) is 6.54 Å². The Hall–Kier alpha value is -1.78. The summed E-state index contributed by atoms with van der Waals surface area (Å²) >= 11 is 11.8. The molecule has 2 aromatic rings. The fraction of sp³-hybridized carbons (Fsp3) is 0.200. The van der Waals surface area contributed by atoms with Gasteiger partial charge in [-0.25, -0.2) is 0 Å². The summed E-state index contributed by atoms with van der Waals surface area (Å²) in [6, 6.07) is 7.36. The molecule has 0 saturated heterocycles. The van der Waals surface area contributed by atoms with Crippen LogP contribution in [-0.2, 0) is 11.3 Å². The van der Waals surface area contributed by atoms with Crippen molar-refractivity contribution in [1.82, 2.24) is 15.1 Å². The minimum Gasteiger partial charge on any atom is -0.352 e. The number of aryl methyl sites for hydroxylation is 1. The Kier molecular flexibility index (Phi) is 5.84. The second-order valence-electron chi connectivity index (χ2n) is 4.42. The molecule has 2 rings (SSSR count). The van der Waals surface area contributed by atoms with Gasteiger partial charge in [0.1, 0.15) is 0 Å². The van der Waals surface area contributed by atoms with Crippen molar-refractivity contribution in [3.63, 3.8) is 0 Å². The molecule has 0 bridgehead atoms. The molecule has 21 heavy (non-hydrogen) atoms. The minimum atomic E-state index is -0.145. The molecule has 1 aromatic heterocycles. The summed E-state index contributed by atoms with van der Waals surface area (Å²) in [5.41, 5.74) is 0.820. The average Bonchev–Trinajstić information content (AvgIpc) is 2.88. The number of hydrogen-bond donors (Lipinski definition) is 1. The number of hydrogen-bond acceptors (Lipinski definition) is 2. The van der Waals surface area contributed by atoms with Gasteiger partial charge in [-0.05, 0) is 24.1 Å². The monoisotopic (exact) mass is 323 g/mol. The highest BCUT2D eigenvalue weighted by Gasteiger charge is 1.99. The first-order chi connectivity index (χ1) is 10.1. The van der Waals surface area contributed by atoms with Gasteiger partial charge < -0.3 is 5.32 Å². The topological polar surface area (TPSA) is 46.9 Å². The van der Waals surface area contributed by atoms with Crippen LogP contribution in [0.15, 0.2) is 42.7 Å². The van der Waals surface area contributed by atoms with Crippen LogP contribution in [0, 0.1) is 0 Å². The highest BCUT2D eigenvalue weighted by Crippen LogP contribution is 2.15. The lowest BCUT2D eigenvalue weighted by Crippen LogP contribution is -2.23. The predicted molar refractivity (Wildman–Crippen MR) is 85.3 cm³/mol. The number of rotatable bonds is 6. The maximum absolute atomic E-state index is 11.7. The quantitative estimate of drug-likeness (QED) is 0.654. The number of nitrogens with one attached hydrogen (secondary N) is 1. The molecular formula is C15H15Cl2N3O. The number of halogens is 2. The first-order valence-electron chi connectivity index (χ1n) is 6.53. The van der Waals surface area contributed by atoms with E-state index in [9.17, 15) is 4.79 Å². The van der Waals surface area contributed by atoms with Crippen molar-refractivity contribution in [3.8, 4) is 0 Å². The van der Waals surface area contributed by atoms with E-state index < -0.39 is 0 Å². The molecule has 0 saturated carbocycles. The van der Waals surface area contributed by atoms with Crippen LogP contribution in [0.3, 0.4) is 0 Å². The summed E-state index contributed by atoms with van der Waals surface area (Å²) in [4.78, 5) is 11.7. The van der Waals surface area contributed by atoms with Gasteiger partial charge in [0.25, 0.3) is 0 Å². The van der Waals surface area contributed by atoms with Gasteiger partial charge in [0.15, 0.2) is 0 Å². The first kappa shape index (κ1) is 15.6. The zero-order valence-electron chi connectivity index (χ0n) is 11.3. The summed E-state index contributed by atoms with van der Waals surface area (Å²) in [5.74, 6) is -0.145. The number of carbonyl (C=O) groups excluding carboxylic acids is 1. The van der Waals surface area contributed by atoms with E-state index in [1.165, 1.54) is 6.08 Å². The maximum Gasteiger partial charge on any atom is 0.244 e. The van der Waals surface area contributed by atoms with E-state index in [2.05, 4.69) is 10.4 Å². The van der Waals surface area contributed by atoms with Crippen LogP contribution in [0.2, 0.25) is 10.0 Å². The molecule has 1 aromatic carbocycles. The fourth-order valence-corrected chi connectivity index (χ4v) is 2.10. The van der Waals surface area contributed by atoms with Gasteiger partial charge in [-0.3, -0.25) is 9.48 Å². The number of benzene rings is 1. The summed E-state index contributed by atoms with van der Waals surface area (Å²) in [7, 11) is 0. The highest BCUT2D eigenvalue weighted by atomic mass is 35.5. The van der Waals surface area contributed by atoms with Crippen LogP contribution < -0.4 is 5.32 Å². The second kappa shape index (κ2) is 7.86. The van der Waals surface area contributed by atoms with E-state index in [4.69, 9.17) is 23.2 Å². The van der Waals surface area contributed by atoms with E-state index in [0.717, 1.165) is 12.0 Å². The highest BCUT2D eigenvalue weighted by molar-refractivity contribution is 6.32. The summed E-state index contributed by atoms with van der Waals surface area (Å²) in [5, 5.41) is 8.10. The van der Waals surface area contributed by atoms with Crippen LogP contribution >= 0.6 is 23.2 Å². The van der Waals surface area contributed by atoms with Gasteiger partial charge in [0.05, 0.1) is 11.2 Å². The molecule has 6 heteroatoms. The van der Waals surface area contributed by atoms with Crippen molar-refractivity contribution < 1.29 is 4.79 Å². The average molecular weight is 324 g/mol. The largest absolute Gasteiger partial charge is 0.352 e. The van der Waals surface area contributed by atoms with E-state index >= 15 is 0 Å². The van der Waals surface area contributed by atoms with Crippen molar-refractivity contribution in [3.05, 3.63) is 58.3 Å². The van der Waals surface area contributed by atoms with E-state index in [0.29, 0.717) is 23.1 Å². The molecule has 1 N–H and O–H groups in total. The molecule has 0 atom stereocenters. The van der Waals surface area contributed by atoms with Crippen LogP contribution in [0.4, 0.5) is 0 Å². The number of amides is 1. The van der Waals surface area contributed by atoms with E-state index in [1.54, 1.807) is 29.2 Å². The molecule has 0 aliphatic heterocycles. The van der Waals surface area contributed by atoms with Gasteiger partial charge in [-0.2, -0.15) is 5.10 Å². The van der Waals surface area contributed by atoms with Gasteiger partial charge in [0.2, 0.25) is 5.91 Å². The van der Waals surface area contributed by atoms with Crippen molar-refractivity contribution >= 4 is 35.2 Å². The SMILES string of the molecule is O=C(/C=C/c1ccccc1Cl)NCCCn1cc(Cl)cn1. The molecule has 0 radical (unpaired) electrons. The number of nitrogens with zero attached hydrogens (tertiary/aromatic N) is 2. The van der Waals surface area contributed by atoms with Crippen LogP contribution in [0.1, 0.15) is 12.0 Å². The molecule has 0 unspecified atom stereocenters. The van der Waals surface area contributed by atoms with Crippen LogP contribution in [0.5, 0.6) is 0 Å². The summed E-state index contributed by atoms with van der Waals surface area (Å²) in [6.07, 6.45) is 7.30. The Balaban J connectivity index is 1.71. The van der Waals surface area contributed by atoms with Gasteiger partial charge in [-0.15, -0.1) is 0 Å². The molecule has 0 fully saturated rings. The lowest BCUT2D eigenvalue weighted by atomic mass is 10.2. The van der Waals surface area contributed by atoms with Crippen LogP contribution in [-0.4, -0.2) is 22.2 Å². The molecule has 1 heterocycles. The first-order valence-corrected chi connectivity index (χ1v) is 7.29. The Morgan fingerprint density at radius 1 is 1.33 bits per heavy atom.